The zero-order chi connectivity index (χ0) is 18.7. The molecule has 5 nitrogen and oxygen atoms in total. The summed E-state index contributed by atoms with van der Waals surface area (Å²) in [5.74, 6) is 0.467. The van der Waals surface area contributed by atoms with Gasteiger partial charge in [-0.2, -0.15) is 0 Å². The quantitative estimate of drug-likeness (QED) is 0.732. The summed E-state index contributed by atoms with van der Waals surface area (Å²) in [7, 11) is 0. The van der Waals surface area contributed by atoms with Crippen molar-refractivity contribution in [3.8, 4) is 0 Å². The minimum Gasteiger partial charge on any atom is -0.345 e. The molecule has 26 heavy (non-hydrogen) atoms. The number of aromatic nitrogens is 1. The van der Waals surface area contributed by atoms with Gasteiger partial charge in [-0.1, -0.05) is 19.8 Å². The number of Topliss-reactive ketones (excluding diaryl/α,β-unsaturated/α-hetero) is 1. The summed E-state index contributed by atoms with van der Waals surface area (Å²) in [6.07, 6.45) is 6.59. The van der Waals surface area contributed by atoms with E-state index in [2.05, 4.69) is 29.4 Å². The normalized spacial score (nSPS) is 19.3. The van der Waals surface area contributed by atoms with Crippen molar-refractivity contribution in [1.29, 1.82) is 0 Å². The summed E-state index contributed by atoms with van der Waals surface area (Å²) in [6.45, 7) is 9.80. The van der Waals surface area contributed by atoms with Crippen molar-refractivity contribution in [3.63, 3.8) is 0 Å². The highest BCUT2D eigenvalue weighted by atomic mass is 16.2. The number of amides is 1. The average Bonchev–Trinajstić information content (AvgIpc) is 3.23. The van der Waals surface area contributed by atoms with Gasteiger partial charge in [0.2, 0.25) is 5.91 Å². The minimum absolute atomic E-state index is 0.218. The van der Waals surface area contributed by atoms with Crippen molar-refractivity contribution in [2.24, 2.45) is 0 Å². The second-order valence-corrected chi connectivity index (χ2v) is 7.92. The monoisotopic (exact) mass is 359 g/mol. The molecule has 3 rings (SSSR count). The third kappa shape index (κ3) is 4.03. The van der Waals surface area contributed by atoms with Crippen molar-refractivity contribution in [2.45, 2.75) is 65.3 Å². The van der Waals surface area contributed by atoms with Crippen LogP contribution < -0.4 is 0 Å². The number of piperazine rings is 1. The van der Waals surface area contributed by atoms with Gasteiger partial charge in [-0.3, -0.25) is 14.5 Å². The van der Waals surface area contributed by atoms with E-state index >= 15 is 0 Å². The van der Waals surface area contributed by atoms with Crippen LogP contribution in [0.5, 0.6) is 0 Å². The molecule has 0 radical (unpaired) electrons. The molecule has 2 aliphatic rings. The lowest BCUT2D eigenvalue weighted by molar-refractivity contribution is -0.132. The first kappa shape index (κ1) is 19.2. The summed E-state index contributed by atoms with van der Waals surface area (Å²) >= 11 is 0. The van der Waals surface area contributed by atoms with Crippen LogP contribution in [0.2, 0.25) is 0 Å². The van der Waals surface area contributed by atoms with E-state index in [1.807, 2.05) is 11.8 Å². The molecule has 144 valence electrons. The molecule has 1 saturated heterocycles. The van der Waals surface area contributed by atoms with Gasteiger partial charge in [0.25, 0.3) is 0 Å². The Balaban J connectivity index is 1.59. The van der Waals surface area contributed by atoms with Crippen LogP contribution in [0.3, 0.4) is 0 Å². The highest BCUT2D eigenvalue weighted by molar-refractivity contribution is 5.99. The molecule has 2 fully saturated rings. The second-order valence-electron chi connectivity index (χ2n) is 7.92. The van der Waals surface area contributed by atoms with Crippen molar-refractivity contribution in [1.82, 2.24) is 14.4 Å². The maximum Gasteiger partial charge on any atom is 0.222 e. The van der Waals surface area contributed by atoms with E-state index in [0.29, 0.717) is 19.0 Å². The Morgan fingerprint density at radius 1 is 1.08 bits per heavy atom. The molecule has 5 heteroatoms. The molecular weight excluding hydrogens is 326 g/mol. The van der Waals surface area contributed by atoms with Crippen LogP contribution >= 0.6 is 0 Å². The highest BCUT2D eigenvalue weighted by Gasteiger charge is 2.26. The molecular formula is C21H33N3O2. The minimum atomic E-state index is 0.218. The molecule has 0 N–H and O–H groups in total. The lowest BCUT2D eigenvalue weighted by atomic mass is 10.1. The molecule has 1 aromatic rings. The summed E-state index contributed by atoms with van der Waals surface area (Å²) < 4.78 is 2.39. The smallest absolute Gasteiger partial charge is 0.222 e. The SMILES string of the molecule is CCCC(=O)N1CCN(CC(=O)c2cc(C)n(C3CCCC3)c2C)CC1. The van der Waals surface area contributed by atoms with Gasteiger partial charge in [-0.25, -0.2) is 0 Å². The van der Waals surface area contributed by atoms with Gasteiger partial charge in [0.1, 0.15) is 0 Å². The molecule has 0 spiro atoms. The number of carbonyl (C=O) groups is 2. The van der Waals surface area contributed by atoms with Crippen LogP contribution in [0.4, 0.5) is 0 Å². The van der Waals surface area contributed by atoms with Crippen molar-refractivity contribution < 1.29 is 9.59 Å². The maximum absolute atomic E-state index is 12.9. The third-order valence-electron chi connectivity index (χ3n) is 6.03. The lowest BCUT2D eigenvalue weighted by Gasteiger charge is -2.34. The van der Waals surface area contributed by atoms with Gasteiger partial charge in [-0.15, -0.1) is 0 Å². The standard InChI is InChI=1S/C21H33N3O2/c1-4-7-21(26)23-12-10-22(11-13-23)15-20(25)19-14-16(2)24(17(19)3)18-8-5-6-9-18/h14,18H,4-13,15H2,1-3H3. The van der Waals surface area contributed by atoms with E-state index in [0.717, 1.165) is 43.9 Å². The molecule has 1 amide bonds. The molecule has 0 bridgehead atoms. The number of hydrogen-bond acceptors (Lipinski definition) is 3. The van der Waals surface area contributed by atoms with Gasteiger partial charge in [0.15, 0.2) is 5.78 Å². The number of nitrogens with zero attached hydrogens (tertiary/aromatic N) is 3. The summed E-state index contributed by atoms with van der Waals surface area (Å²) in [5.41, 5.74) is 3.24. The van der Waals surface area contributed by atoms with E-state index in [1.165, 1.54) is 31.4 Å². The molecule has 2 heterocycles. The van der Waals surface area contributed by atoms with E-state index in [1.54, 1.807) is 0 Å². The summed E-state index contributed by atoms with van der Waals surface area (Å²) in [6, 6.07) is 2.65. The van der Waals surface area contributed by atoms with E-state index in [-0.39, 0.29) is 11.7 Å². The zero-order valence-corrected chi connectivity index (χ0v) is 16.6. The highest BCUT2D eigenvalue weighted by Crippen LogP contribution is 2.33. The first-order valence-electron chi connectivity index (χ1n) is 10.2. The van der Waals surface area contributed by atoms with E-state index < -0.39 is 0 Å². The predicted octanol–water partition coefficient (Wildman–Crippen LogP) is 3.35. The Labute approximate surface area is 157 Å². The Hall–Kier alpha value is -1.62. The Bertz CT molecular complexity index is 650. The van der Waals surface area contributed by atoms with E-state index in [9.17, 15) is 9.59 Å². The molecule has 1 saturated carbocycles. The molecule has 0 atom stereocenters. The number of ketones is 1. The second kappa shape index (κ2) is 8.38. The predicted molar refractivity (Wildman–Crippen MR) is 104 cm³/mol. The Morgan fingerprint density at radius 2 is 1.73 bits per heavy atom. The van der Waals surface area contributed by atoms with Gasteiger partial charge < -0.3 is 9.47 Å². The van der Waals surface area contributed by atoms with Crippen molar-refractivity contribution in [3.05, 3.63) is 23.0 Å². The molecule has 0 unspecified atom stereocenters. The Kier molecular flexibility index (Phi) is 6.17. The van der Waals surface area contributed by atoms with Crippen LogP contribution in [0.15, 0.2) is 6.07 Å². The Morgan fingerprint density at radius 3 is 2.35 bits per heavy atom. The molecule has 0 aromatic carbocycles. The molecule has 1 aliphatic carbocycles. The number of aryl methyl sites for hydroxylation is 1. The lowest BCUT2D eigenvalue weighted by Crippen LogP contribution is -2.49. The fourth-order valence-corrected chi connectivity index (χ4v) is 4.60. The third-order valence-corrected chi connectivity index (χ3v) is 6.03. The van der Waals surface area contributed by atoms with Gasteiger partial charge in [-0.05, 0) is 39.2 Å². The van der Waals surface area contributed by atoms with E-state index in [4.69, 9.17) is 0 Å². The fourth-order valence-electron chi connectivity index (χ4n) is 4.60. The van der Waals surface area contributed by atoms with Crippen LogP contribution in [0, 0.1) is 13.8 Å². The van der Waals surface area contributed by atoms with Crippen molar-refractivity contribution >= 4 is 11.7 Å². The van der Waals surface area contributed by atoms with Crippen LogP contribution in [0.25, 0.3) is 0 Å². The van der Waals surface area contributed by atoms with Crippen LogP contribution in [-0.4, -0.2) is 58.8 Å². The number of carbonyl (C=O) groups excluding carboxylic acids is 2. The van der Waals surface area contributed by atoms with Gasteiger partial charge >= 0.3 is 0 Å². The number of rotatable bonds is 6. The fraction of sp³-hybridized carbons (Fsp3) is 0.714. The largest absolute Gasteiger partial charge is 0.345 e. The molecule has 1 aromatic heterocycles. The van der Waals surface area contributed by atoms with Crippen molar-refractivity contribution in [2.75, 3.05) is 32.7 Å². The summed E-state index contributed by atoms with van der Waals surface area (Å²) in [4.78, 5) is 29.0. The van der Waals surface area contributed by atoms with Gasteiger partial charge in [0, 0.05) is 55.6 Å². The number of hydrogen-bond donors (Lipinski definition) is 0. The maximum atomic E-state index is 12.9. The topological polar surface area (TPSA) is 45.6 Å². The zero-order valence-electron chi connectivity index (χ0n) is 16.6. The van der Waals surface area contributed by atoms with Crippen LogP contribution in [0.1, 0.15) is 73.2 Å². The first-order valence-corrected chi connectivity index (χ1v) is 10.2. The first-order chi connectivity index (χ1) is 12.5. The summed E-state index contributed by atoms with van der Waals surface area (Å²) in [5, 5.41) is 0. The average molecular weight is 360 g/mol. The molecule has 1 aliphatic heterocycles. The van der Waals surface area contributed by atoms with Gasteiger partial charge in [0.05, 0.1) is 6.54 Å². The van der Waals surface area contributed by atoms with Crippen LogP contribution in [-0.2, 0) is 4.79 Å².